The summed E-state index contributed by atoms with van der Waals surface area (Å²) in [6, 6.07) is 0.215. The van der Waals surface area contributed by atoms with Crippen LogP contribution in [0, 0.1) is 17.8 Å². The van der Waals surface area contributed by atoms with Gasteiger partial charge >= 0.3 is 0 Å². The van der Waals surface area contributed by atoms with Gasteiger partial charge in [0.15, 0.2) is 6.29 Å². The van der Waals surface area contributed by atoms with Gasteiger partial charge in [-0.05, 0) is 31.1 Å². The average Bonchev–Trinajstić information content (AvgIpc) is 2.41. The molecule has 0 spiro atoms. The molecule has 1 amide bonds. The summed E-state index contributed by atoms with van der Waals surface area (Å²) in [5, 5.41) is 1.60. The fourth-order valence-corrected chi connectivity index (χ4v) is 3.12. The van der Waals surface area contributed by atoms with E-state index < -0.39 is 0 Å². The van der Waals surface area contributed by atoms with Crippen molar-refractivity contribution in [3.8, 4) is 0 Å². The Hall–Kier alpha value is -0.610. The minimum absolute atomic E-state index is 0.140. The number of hydroxylamine groups is 2. The third kappa shape index (κ3) is 3.53. The Bertz CT molecular complexity index is 324. The minimum Gasteiger partial charge on any atom is -0.350 e. The van der Waals surface area contributed by atoms with Crippen LogP contribution in [0.15, 0.2) is 0 Å². The molecule has 4 nitrogen and oxygen atoms in total. The number of rotatable bonds is 6. The molecule has 2 aliphatic rings. The first-order chi connectivity index (χ1) is 9.50. The van der Waals surface area contributed by atoms with Gasteiger partial charge in [-0.3, -0.25) is 4.79 Å². The molecule has 4 heteroatoms. The molecule has 0 saturated carbocycles. The maximum Gasteiger partial charge on any atom is 0.251 e. The van der Waals surface area contributed by atoms with E-state index in [0.717, 1.165) is 38.7 Å². The summed E-state index contributed by atoms with van der Waals surface area (Å²) >= 11 is 0. The normalized spacial score (nSPS) is 31.0. The lowest BCUT2D eigenvalue weighted by atomic mass is 9.78. The van der Waals surface area contributed by atoms with E-state index in [2.05, 4.69) is 27.7 Å². The quantitative estimate of drug-likeness (QED) is 0.702. The first kappa shape index (κ1) is 15.8. The van der Waals surface area contributed by atoms with Gasteiger partial charge in [-0.25, -0.2) is 9.90 Å². The molecule has 0 aromatic rings. The van der Waals surface area contributed by atoms with E-state index in [4.69, 9.17) is 9.57 Å². The molecule has 1 unspecified atom stereocenters. The van der Waals surface area contributed by atoms with Gasteiger partial charge in [0.1, 0.15) is 0 Å². The molecular formula is C16H29NO3. The predicted molar refractivity (Wildman–Crippen MR) is 77.7 cm³/mol. The second kappa shape index (κ2) is 6.90. The standard InChI is InChI=1S/C16H29NO3/c1-11(2)8-9-13-15(12(3)4)17(16(13)18)20-14-7-5-6-10-19-14/h11-15H,5-10H2,1-4H3/t13-,14?,15+/m1/s1. The summed E-state index contributed by atoms with van der Waals surface area (Å²) in [5.41, 5.74) is 0. The molecule has 0 radical (unpaired) electrons. The van der Waals surface area contributed by atoms with Crippen LogP contribution in [0.25, 0.3) is 0 Å². The number of carbonyl (C=O) groups is 1. The van der Waals surface area contributed by atoms with Gasteiger partial charge in [0, 0.05) is 13.0 Å². The SMILES string of the molecule is CC(C)CC[C@H]1C(=O)N(OC2CCCCO2)[C@H]1C(C)C. The van der Waals surface area contributed by atoms with Gasteiger partial charge < -0.3 is 4.74 Å². The lowest BCUT2D eigenvalue weighted by molar-refractivity contribution is -0.323. The maximum atomic E-state index is 12.3. The Morgan fingerprint density at radius 1 is 1.30 bits per heavy atom. The molecule has 116 valence electrons. The van der Waals surface area contributed by atoms with Crippen LogP contribution in [-0.4, -0.2) is 29.9 Å². The maximum absolute atomic E-state index is 12.3. The Labute approximate surface area is 122 Å². The fraction of sp³-hybridized carbons (Fsp3) is 0.938. The highest BCUT2D eigenvalue weighted by Gasteiger charge is 2.50. The Morgan fingerprint density at radius 3 is 2.60 bits per heavy atom. The molecule has 20 heavy (non-hydrogen) atoms. The van der Waals surface area contributed by atoms with E-state index in [1.807, 2.05) is 0 Å². The molecule has 2 saturated heterocycles. The number of β-lactam (4-membered cyclic amide) rings is 1. The Morgan fingerprint density at radius 2 is 2.05 bits per heavy atom. The Kier molecular flexibility index (Phi) is 5.44. The molecule has 0 aromatic carbocycles. The highest BCUT2D eigenvalue weighted by molar-refractivity contribution is 5.85. The molecule has 2 rings (SSSR count). The van der Waals surface area contributed by atoms with E-state index in [0.29, 0.717) is 11.8 Å². The van der Waals surface area contributed by atoms with Crippen molar-refractivity contribution in [2.75, 3.05) is 6.61 Å². The molecule has 2 aliphatic heterocycles. The van der Waals surface area contributed by atoms with Crippen molar-refractivity contribution in [1.29, 1.82) is 0 Å². The fourth-order valence-electron chi connectivity index (χ4n) is 3.12. The number of nitrogens with zero attached hydrogens (tertiary/aromatic N) is 1. The third-order valence-corrected chi connectivity index (χ3v) is 4.32. The number of hydrogen-bond donors (Lipinski definition) is 0. The number of carbonyl (C=O) groups excluding carboxylic acids is 1. The van der Waals surface area contributed by atoms with Crippen molar-refractivity contribution in [3.63, 3.8) is 0 Å². The van der Waals surface area contributed by atoms with Crippen molar-refractivity contribution in [2.24, 2.45) is 17.8 Å². The topological polar surface area (TPSA) is 38.8 Å². The van der Waals surface area contributed by atoms with Gasteiger partial charge in [0.05, 0.1) is 12.0 Å². The summed E-state index contributed by atoms with van der Waals surface area (Å²) in [6.07, 6.45) is 4.97. The highest BCUT2D eigenvalue weighted by atomic mass is 16.8. The zero-order valence-electron chi connectivity index (χ0n) is 13.3. The van der Waals surface area contributed by atoms with Gasteiger partial charge in [-0.2, -0.15) is 0 Å². The predicted octanol–water partition coefficient (Wildman–Crippen LogP) is 3.36. The Balaban J connectivity index is 1.90. The number of hydrogen-bond acceptors (Lipinski definition) is 3. The molecular weight excluding hydrogens is 254 g/mol. The monoisotopic (exact) mass is 283 g/mol. The lowest BCUT2D eigenvalue weighted by Gasteiger charge is -2.49. The molecule has 0 N–H and O–H groups in total. The van der Waals surface area contributed by atoms with Crippen molar-refractivity contribution >= 4 is 5.91 Å². The largest absolute Gasteiger partial charge is 0.350 e. The minimum atomic E-state index is -0.222. The van der Waals surface area contributed by atoms with Crippen LogP contribution in [0.4, 0.5) is 0 Å². The van der Waals surface area contributed by atoms with Gasteiger partial charge in [0.2, 0.25) is 0 Å². The van der Waals surface area contributed by atoms with Crippen LogP contribution in [0.1, 0.15) is 59.8 Å². The molecule has 2 heterocycles. The zero-order chi connectivity index (χ0) is 14.7. The molecule has 0 aromatic heterocycles. The molecule has 3 atom stereocenters. The van der Waals surface area contributed by atoms with Crippen LogP contribution in [0.5, 0.6) is 0 Å². The highest BCUT2D eigenvalue weighted by Crippen LogP contribution is 2.37. The van der Waals surface area contributed by atoms with Crippen molar-refractivity contribution < 1.29 is 14.4 Å². The second-order valence-corrected chi connectivity index (χ2v) is 6.88. The third-order valence-electron chi connectivity index (χ3n) is 4.32. The molecule has 2 fully saturated rings. The van der Waals surface area contributed by atoms with Gasteiger partial charge in [-0.1, -0.05) is 34.1 Å². The molecule has 0 aliphatic carbocycles. The number of ether oxygens (including phenoxy) is 1. The van der Waals surface area contributed by atoms with E-state index in [1.54, 1.807) is 5.06 Å². The smallest absolute Gasteiger partial charge is 0.251 e. The van der Waals surface area contributed by atoms with Gasteiger partial charge in [-0.15, -0.1) is 0 Å². The lowest BCUT2D eigenvalue weighted by Crippen LogP contribution is -2.63. The van der Waals surface area contributed by atoms with E-state index in [1.165, 1.54) is 0 Å². The average molecular weight is 283 g/mol. The van der Waals surface area contributed by atoms with Gasteiger partial charge in [0.25, 0.3) is 5.91 Å². The van der Waals surface area contributed by atoms with Crippen LogP contribution < -0.4 is 0 Å². The summed E-state index contributed by atoms with van der Waals surface area (Å²) in [6.45, 7) is 9.49. The summed E-state index contributed by atoms with van der Waals surface area (Å²) in [7, 11) is 0. The van der Waals surface area contributed by atoms with E-state index >= 15 is 0 Å². The van der Waals surface area contributed by atoms with Crippen LogP contribution >= 0.6 is 0 Å². The van der Waals surface area contributed by atoms with Crippen LogP contribution in [0.2, 0.25) is 0 Å². The van der Waals surface area contributed by atoms with Crippen LogP contribution in [0.3, 0.4) is 0 Å². The number of amides is 1. The van der Waals surface area contributed by atoms with Crippen molar-refractivity contribution in [1.82, 2.24) is 5.06 Å². The van der Waals surface area contributed by atoms with Crippen molar-refractivity contribution in [3.05, 3.63) is 0 Å². The summed E-state index contributed by atoms with van der Waals surface area (Å²) in [4.78, 5) is 18.1. The van der Waals surface area contributed by atoms with E-state index in [-0.39, 0.29) is 24.2 Å². The second-order valence-electron chi connectivity index (χ2n) is 6.88. The summed E-state index contributed by atoms with van der Waals surface area (Å²) in [5.74, 6) is 1.36. The first-order valence-electron chi connectivity index (χ1n) is 8.12. The first-order valence-corrected chi connectivity index (χ1v) is 8.12. The summed E-state index contributed by atoms with van der Waals surface area (Å²) < 4.78 is 5.58. The van der Waals surface area contributed by atoms with E-state index in [9.17, 15) is 4.79 Å². The van der Waals surface area contributed by atoms with Crippen molar-refractivity contribution in [2.45, 2.75) is 72.1 Å². The van der Waals surface area contributed by atoms with Crippen LogP contribution in [-0.2, 0) is 14.4 Å². The molecule has 0 bridgehead atoms. The zero-order valence-corrected chi connectivity index (χ0v) is 13.3.